The zero-order valence-electron chi connectivity index (χ0n) is 9.96. The van der Waals surface area contributed by atoms with E-state index in [0.29, 0.717) is 4.88 Å². The summed E-state index contributed by atoms with van der Waals surface area (Å²) in [6, 6.07) is 3.36. The first-order valence-corrected chi connectivity index (χ1v) is 6.51. The molecule has 0 spiro atoms. The van der Waals surface area contributed by atoms with E-state index in [-0.39, 0.29) is 37.0 Å². The van der Waals surface area contributed by atoms with E-state index in [2.05, 4.69) is 0 Å². The van der Waals surface area contributed by atoms with Gasteiger partial charge >= 0.3 is 5.97 Å². The lowest BCUT2D eigenvalue weighted by molar-refractivity contribution is -0.151. The number of likely N-dealkylation sites (tertiary alicyclic amines) is 1. The minimum Gasteiger partial charge on any atom is -0.456 e. The fourth-order valence-electron chi connectivity index (χ4n) is 1.63. The quantitative estimate of drug-likeness (QED) is 0.449. The highest BCUT2D eigenvalue weighted by atomic mass is 32.1. The predicted molar refractivity (Wildman–Crippen MR) is 65.6 cm³/mol. The second kappa shape index (κ2) is 5.75. The molecule has 0 atom stereocenters. The zero-order valence-corrected chi connectivity index (χ0v) is 10.8. The van der Waals surface area contributed by atoms with Gasteiger partial charge in [0.1, 0.15) is 6.54 Å². The van der Waals surface area contributed by atoms with Gasteiger partial charge in [0.05, 0.1) is 4.88 Å². The SMILES string of the molecule is O=C(CN1C(=O)CCC1=O)OCC(=O)c1cccs1. The molecule has 100 valence electrons. The van der Waals surface area contributed by atoms with E-state index in [1.807, 2.05) is 0 Å². The van der Waals surface area contributed by atoms with Crippen molar-refractivity contribution in [2.24, 2.45) is 0 Å². The van der Waals surface area contributed by atoms with E-state index < -0.39 is 12.5 Å². The van der Waals surface area contributed by atoms with Crippen LogP contribution in [0.2, 0.25) is 0 Å². The van der Waals surface area contributed by atoms with Crippen molar-refractivity contribution < 1.29 is 23.9 Å². The summed E-state index contributed by atoms with van der Waals surface area (Å²) < 4.78 is 4.76. The van der Waals surface area contributed by atoms with Gasteiger partial charge in [-0.3, -0.25) is 24.1 Å². The second-order valence-electron chi connectivity index (χ2n) is 3.93. The molecule has 19 heavy (non-hydrogen) atoms. The van der Waals surface area contributed by atoms with E-state index in [0.717, 1.165) is 4.90 Å². The van der Waals surface area contributed by atoms with Crippen molar-refractivity contribution in [2.75, 3.05) is 13.2 Å². The van der Waals surface area contributed by atoms with Gasteiger partial charge in [0, 0.05) is 12.8 Å². The first-order chi connectivity index (χ1) is 9.08. The van der Waals surface area contributed by atoms with Crippen molar-refractivity contribution in [1.82, 2.24) is 4.90 Å². The number of Topliss-reactive ketones (excluding diaryl/α,β-unsaturated/α-hetero) is 1. The summed E-state index contributed by atoms with van der Waals surface area (Å²) in [7, 11) is 0. The van der Waals surface area contributed by atoms with Crippen LogP contribution in [0.5, 0.6) is 0 Å². The highest BCUT2D eigenvalue weighted by Crippen LogP contribution is 2.12. The van der Waals surface area contributed by atoms with Crippen LogP contribution in [-0.4, -0.2) is 41.6 Å². The molecule has 2 heterocycles. The highest BCUT2D eigenvalue weighted by molar-refractivity contribution is 7.12. The molecule has 2 amide bonds. The molecule has 1 fully saturated rings. The molecule has 0 unspecified atom stereocenters. The van der Waals surface area contributed by atoms with Gasteiger partial charge in [-0.15, -0.1) is 11.3 Å². The third-order valence-electron chi connectivity index (χ3n) is 2.60. The lowest BCUT2D eigenvalue weighted by atomic mass is 10.3. The topological polar surface area (TPSA) is 80.8 Å². The molecular weight excluding hydrogens is 270 g/mol. The molecule has 0 N–H and O–H groups in total. The third kappa shape index (κ3) is 3.25. The summed E-state index contributed by atoms with van der Waals surface area (Å²) in [6.07, 6.45) is 0.250. The van der Waals surface area contributed by atoms with Gasteiger partial charge in [-0.25, -0.2) is 0 Å². The van der Waals surface area contributed by atoms with Gasteiger partial charge in [0.2, 0.25) is 17.6 Å². The molecule has 1 aliphatic rings. The Morgan fingerprint density at radius 3 is 2.53 bits per heavy atom. The Balaban J connectivity index is 1.80. The maximum Gasteiger partial charge on any atom is 0.326 e. The summed E-state index contributed by atoms with van der Waals surface area (Å²) in [5.41, 5.74) is 0. The number of nitrogens with zero attached hydrogens (tertiary/aromatic N) is 1. The van der Waals surface area contributed by atoms with Crippen LogP contribution in [0.15, 0.2) is 17.5 Å². The van der Waals surface area contributed by atoms with Crippen LogP contribution in [0.25, 0.3) is 0 Å². The van der Waals surface area contributed by atoms with Gasteiger partial charge in [-0.2, -0.15) is 0 Å². The van der Waals surface area contributed by atoms with Gasteiger partial charge in [0.15, 0.2) is 6.61 Å². The molecule has 7 heteroatoms. The normalized spacial score (nSPS) is 14.8. The molecule has 0 aliphatic carbocycles. The maximum absolute atomic E-state index is 11.6. The van der Waals surface area contributed by atoms with Crippen LogP contribution >= 0.6 is 11.3 Å². The Kier molecular flexibility index (Phi) is 4.06. The molecular formula is C12H11NO5S. The Morgan fingerprint density at radius 2 is 1.95 bits per heavy atom. The van der Waals surface area contributed by atoms with Crippen molar-refractivity contribution in [1.29, 1.82) is 0 Å². The average Bonchev–Trinajstić information content (AvgIpc) is 3.01. The number of carbonyl (C=O) groups excluding carboxylic acids is 4. The van der Waals surface area contributed by atoms with Gasteiger partial charge in [-0.05, 0) is 11.4 Å². The smallest absolute Gasteiger partial charge is 0.326 e. The number of ketones is 1. The number of ether oxygens (including phenoxy) is 1. The number of hydrogen-bond acceptors (Lipinski definition) is 6. The fraction of sp³-hybridized carbons (Fsp3) is 0.333. The van der Waals surface area contributed by atoms with Crippen LogP contribution < -0.4 is 0 Å². The molecule has 0 saturated carbocycles. The van der Waals surface area contributed by atoms with E-state index in [9.17, 15) is 19.2 Å². The summed E-state index contributed by atoms with van der Waals surface area (Å²) in [4.78, 5) is 46.9. The number of imide groups is 1. The molecule has 1 aromatic rings. The third-order valence-corrected chi connectivity index (χ3v) is 3.51. The largest absolute Gasteiger partial charge is 0.456 e. The van der Waals surface area contributed by atoms with Crippen LogP contribution in [-0.2, 0) is 19.1 Å². The van der Waals surface area contributed by atoms with E-state index in [1.165, 1.54) is 11.3 Å². The number of thiophene rings is 1. The Morgan fingerprint density at radius 1 is 1.26 bits per heavy atom. The molecule has 1 aromatic heterocycles. The Labute approximate surface area is 113 Å². The zero-order chi connectivity index (χ0) is 13.8. The summed E-state index contributed by atoms with van der Waals surface area (Å²) in [6.45, 7) is -0.801. The molecule has 0 radical (unpaired) electrons. The summed E-state index contributed by atoms with van der Waals surface area (Å²) in [5.74, 6) is -1.83. The highest BCUT2D eigenvalue weighted by Gasteiger charge is 2.31. The maximum atomic E-state index is 11.6. The average molecular weight is 281 g/mol. The van der Waals surface area contributed by atoms with Crippen LogP contribution in [0.3, 0.4) is 0 Å². The van der Waals surface area contributed by atoms with Crippen molar-refractivity contribution in [3.63, 3.8) is 0 Å². The van der Waals surface area contributed by atoms with Gasteiger partial charge in [0.25, 0.3) is 0 Å². The number of rotatable bonds is 5. The van der Waals surface area contributed by atoms with Crippen LogP contribution in [0.4, 0.5) is 0 Å². The number of hydrogen-bond donors (Lipinski definition) is 0. The first kappa shape index (κ1) is 13.4. The molecule has 1 aliphatic heterocycles. The minimum absolute atomic E-state index is 0.125. The molecule has 0 aromatic carbocycles. The monoisotopic (exact) mass is 281 g/mol. The predicted octanol–water partition coefficient (Wildman–Crippen LogP) is 0.623. The summed E-state index contributed by atoms with van der Waals surface area (Å²) >= 11 is 1.26. The summed E-state index contributed by atoms with van der Waals surface area (Å²) in [5, 5.41) is 1.75. The van der Waals surface area contributed by atoms with Crippen molar-refractivity contribution in [2.45, 2.75) is 12.8 Å². The first-order valence-electron chi connectivity index (χ1n) is 5.63. The fourth-order valence-corrected chi connectivity index (χ4v) is 2.28. The van der Waals surface area contributed by atoms with E-state index >= 15 is 0 Å². The van der Waals surface area contributed by atoms with Crippen LogP contribution in [0.1, 0.15) is 22.5 Å². The van der Waals surface area contributed by atoms with Crippen molar-refractivity contribution >= 4 is 34.9 Å². The number of amides is 2. The second-order valence-corrected chi connectivity index (χ2v) is 4.88. The Hall–Kier alpha value is -2.02. The van der Waals surface area contributed by atoms with E-state index in [4.69, 9.17) is 4.74 Å². The van der Waals surface area contributed by atoms with E-state index in [1.54, 1.807) is 17.5 Å². The molecule has 0 bridgehead atoms. The number of carbonyl (C=O) groups is 4. The van der Waals surface area contributed by atoms with Crippen LogP contribution in [0, 0.1) is 0 Å². The molecule has 2 rings (SSSR count). The number of esters is 1. The standard InChI is InChI=1S/C12H11NO5S/c14-8(9-2-1-5-19-9)7-18-12(17)6-13-10(15)3-4-11(13)16/h1-2,5H,3-4,6-7H2. The van der Waals surface area contributed by atoms with Gasteiger partial charge < -0.3 is 4.74 Å². The van der Waals surface area contributed by atoms with Gasteiger partial charge in [-0.1, -0.05) is 6.07 Å². The van der Waals surface area contributed by atoms with Crippen molar-refractivity contribution in [3.8, 4) is 0 Å². The minimum atomic E-state index is -0.756. The lowest BCUT2D eigenvalue weighted by Crippen LogP contribution is -2.35. The molecule has 6 nitrogen and oxygen atoms in total. The molecule has 1 saturated heterocycles. The van der Waals surface area contributed by atoms with Crippen molar-refractivity contribution in [3.05, 3.63) is 22.4 Å². The lowest BCUT2D eigenvalue weighted by Gasteiger charge is -2.12. The Bertz CT molecular complexity index is 506.